The highest BCUT2D eigenvalue weighted by molar-refractivity contribution is 4.95. The molecule has 0 radical (unpaired) electrons. The van der Waals surface area contributed by atoms with Gasteiger partial charge >= 0.3 is 0 Å². The number of nitrogens with one attached hydrogen (secondary N) is 1. The van der Waals surface area contributed by atoms with Gasteiger partial charge in [0.05, 0.1) is 0 Å². The van der Waals surface area contributed by atoms with Gasteiger partial charge in [-0.2, -0.15) is 0 Å². The van der Waals surface area contributed by atoms with Crippen molar-refractivity contribution in [1.29, 1.82) is 0 Å². The van der Waals surface area contributed by atoms with Crippen LogP contribution >= 0.6 is 0 Å². The quantitative estimate of drug-likeness (QED) is 0.775. The molecule has 1 saturated heterocycles. The molecule has 2 heteroatoms. The van der Waals surface area contributed by atoms with Crippen molar-refractivity contribution in [2.75, 3.05) is 13.1 Å². The summed E-state index contributed by atoms with van der Waals surface area (Å²) in [6.45, 7) is 14.1. The Bertz CT molecular complexity index is 191. The van der Waals surface area contributed by atoms with Gasteiger partial charge in [0.1, 0.15) is 0 Å². The topological polar surface area (TPSA) is 15.3 Å². The lowest BCUT2D eigenvalue weighted by Gasteiger charge is -2.50. The second-order valence-corrected chi connectivity index (χ2v) is 5.30. The molecule has 0 amide bonds. The number of rotatable bonds is 5. The zero-order valence-electron chi connectivity index (χ0n) is 11.8. The maximum absolute atomic E-state index is 3.65. The summed E-state index contributed by atoms with van der Waals surface area (Å²) >= 11 is 0. The normalized spacial score (nSPS) is 28.3. The summed E-state index contributed by atoms with van der Waals surface area (Å²) < 4.78 is 0. The molecule has 0 aliphatic carbocycles. The van der Waals surface area contributed by atoms with Crippen molar-refractivity contribution >= 4 is 0 Å². The van der Waals surface area contributed by atoms with Crippen molar-refractivity contribution in [3.05, 3.63) is 0 Å². The summed E-state index contributed by atoms with van der Waals surface area (Å²) in [5.74, 6) is 0. The third-order valence-corrected chi connectivity index (χ3v) is 4.73. The lowest BCUT2D eigenvalue weighted by atomic mass is 9.85. The first-order valence-corrected chi connectivity index (χ1v) is 7.13. The van der Waals surface area contributed by atoms with Crippen LogP contribution in [-0.2, 0) is 0 Å². The molecule has 0 bridgehead atoms. The van der Waals surface area contributed by atoms with Gasteiger partial charge in [-0.05, 0) is 32.6 Å². The first kappa shape index (κ1) is 14.0. The fourth-order valence-electron chi connectivity index (χ4n) is 3.22. The smallest absolute Gasteiger partial charge is 0.0205 e. The highest BCUT2D eigenvalue weighted by atomic mass is 15.3. The van der Waals surface area contributed by atoms with E-state index in [1.807, 2.05) is 0 Å². The zero-order valence-corrected chi connectivity index (χ0v) is 11.8. The molecular weight excluding hydrogens is 196 g/mol. The maximum Gasteiger partial charge on any atom is 0.0205 e. The van der Waals surface area contributed by atoms with Gasteiger partial charge in [0, 0.05) is 30.7 Å². The Labute approximate surface area is 102 Å². The molecule has 0 aromatic heterocycles. The summed E-state index contributed by atoms with van der Waals surface area (Å²) in [7, 11) is 0. The largest absolute Gasteiger partial charge is 0.311 e. The average Bonchev–Trinajstić information content (AvgIpc) is 2.34. The van der Waals surface area contributed by atoms with Gasteiger partial charge < -0.3 is 5.32 Å². The molecule has 2 unspecified atom stereocenters. The minimum Gasteiger partial charge on any atom is -0.311 e. The molecule has 2 nitrogen and oxygen atoms in total. The number of piperazine rings is 1. The van der Waals surface area contributed by atoms with Crippen LogP contribution in [0.1, 0.15) is 60.3 Å². The van der Waals surface area contributed by atoms with E-state index in [9.17, 15) is 0 Å². The van der Waals surface area contributed by atoms with Crippen molar-refractivity contribution in [3.63, 3.8) is 0 Å². The van der Waals surface area contributed by atoms with Crippen molar-refractivity contribution in [2.45, 2.75) is 77.9 Å². The van der Waals surface area contributed by atoms with Crippen LogP contribution in [0.3, 0.4) is 0 Å². The van der Waals surface area contributed by atoms with Crippen LogP contribution in [0.15, 0.2) is 0 Å². The molecule has 1 aliphatic heterocycles. The van der Waals surface area contributed by atoms with Gasteiger partial charge in [-0.25, -0.2) is 0 Å². The van der Waals surface area contributed by atoms with E-state index in [1.165, 1.54) is 32.2 Å². The Morgan fingerprint density at radius 1 is 1.12 bits per heavy atom. The Morgan fingerprint density at radius 2 is 1.69 bits per heavy atom. The van der Waals surface area contributed by atoms with Gasteiger partial charge in [-0.3, -0.25) is 4.90 Å². The van der Waals surface area contributed by atoms with Gasteiger partial charge in [-0.15, -0.1) is 0 Å². The van der Waals surface area contributed by atoms with E-state index in [2.05, 4.69) is 44.8 Å². The molecule has 0 saturated carbocycles. The Balaban J connectivity index is 2.80. The van der Waals surface area contributed by atoms with Crippen LogP contribution in [0.4, 0.5) is 0 Å². The minimum absolute atomic E-state index is 0.439. The molecular formula is C14H30N2. The number of nitrogens with zero attached hydrogens (tertiary/aromatic N) is 1. The van der Waals surface area contributed by atoms with Crippen molar-refractivity contribution in [3.8, 4) is 0 Å². The summed E-state index contributed by atoms with van der Waals surface area (Å²) in [6.07, 6.45) is 5.08. The fourth-order valence-corrected chi connectivity index (χ4v) is 3.22. The standard InChI is InChI=1S/C14H30N2/c1-6-13-11-16(12(5)10-15-13)14(7-2,8-3)9-4/h12-13,15H,6-11H2,1-5H3. The SMILES string of the molecule is CCC1CN(C(CC)(CC)CC)C(C)CN1. The lowest BCUT2D eigenvalue weighted by Crippen LogP contribution is -2.63. The van der Waals surface area contributed by atoms with E-state index >= 15 is 0 Å². The van der Waals surface area contributed by atoms with Crippen LogP contribution in [0.5, 0.6) is 0 Å². The molecule has 0 aromatic carbocycles. The van der Waals surface area contributed by atoms with Crippen molar-refractivity contribution < 1.29 is 0 Å². The monoisotopic (exact) mass is 226 g/mol. The number of hydrogen-bond donors (Lipinski definition) is 1. The van der Waals surface area contributed by atoms with Crippen LogP contribution in [0, 0.1) is 0 Å². The van der Waals surface area contributed by atoms with E-state index in [0.29, 0.717) is 17.6 Å². The van der Waals surface area contributed by atoms with Gasteiger partial charge in [0.15, 0.2) is 0 Å². The minimum atomic E-state index is 0.439. The molecule has 96 valence electrons. The van der Waals surface area contributed by atoms with Gasteiger partial charge in [0.25, 0.3) is 0 Å². The van der Waals surface area contributed by atoms with E-state index in [4.69, 9.17) is 0 Å². The lowest BCUT2D eigenvalue weighted by molar-refractivity contribution is 0.00629. The van der Waals surface area contributed by atoms with Crippen molar-refractivity contribution in [1.82, 2.24) is 10.2 Å². The predicted octanol–water partition coefficient (Wildman–Crippen LogP) is 3.03. The molecule has 1 N–H and O–H groups in total. The van der Waals surface area contributed by atoms with Crippen LogP contribution in [0.25, 0.3) is 0 Å². The first-order valence-electron chi connectivity index (χ1n) is 7.13. The van der Waals surface area contributed by atoms with Gasteiger partial charge in [0.2, 0.25) is 0 Å². The molecule has 1 heterocycles. The predicted molar refractivity (Wildman–Crippen MR) is 71.9 cm³/mol. The molecule has 0 spiro atoms. The van der Waals surface area contributed by atoms with Crippen LogP contribution < -0.4 is 5.32 Å². The Hall–Kier alpha value is -0.0800. The Kier molecular flexibility index (Phi) is 5.26. The van der Waals surface area contributed by atoms with Crippen molar-refractivity contribution in [2.24, 2.45) is 0 Å². The molecule has 2 atom stereocenters. The summed E-state index contributed by atoms with van der Waals surface area (Å²) in [5.41, 5.74) is 0.439. The van der Waals surface area contributed by atoms with E-state index in [1.54, 1.807) is 0 Å². The second kappa shape index (κ2) is 6.02. The molecule has 1 aliphatic rings. The third-order valence-electron chi connectivity index (χ3n) is 4.73. The highest BCUT2D eigenvalue weighted by Crippen LogP contribution is 2.31. The van der Waals surface area contributed by atoms with E-state index < -0.39 is 0 Å². The van der Waals surface area contributed by atoms with Crippen LogP contribution in [-0.4, -0.2) is 35.6 Å². The molecule has 1 fully saturated rings. The second-order valence-electron chi connectivity index (χ2n) is 5.30. The summed E-state index contributed by atoms with van der Waals surface area (Å²) in [4.78, 5) is 2.78. The first-order chi connectivity index (χ1) is 7.63. The summed E-state index contributed by atoms with van der Waals surface area (Å²) in [5, 5.41) is 3.65. The van der Waals surface area contributed by atoms with Gasteiger partial charge in [-0.1, -0.05) is 27.7 Å². The highest BCUT2D eigenvalue weighted by Gasteiger charge is 2.37. The third kappa shape index (κ3) is 2.60. The average molecular weight is 226 g/mol. The molecule has 1 rings (SSSR count). The Morgan fingerprint density at radius 3 is 2.12 bits per heavy atom. The number of hydrogen-bond acceptors (Lipinski definition) is 2. The van der Waals surface area contributed by atoms with E-state index in [0.717, 1.165) is 6.54 Å². The maximum atomic E-state index is 3.65. The van der Waals surface area contributed by atoms with E-state index in [-0.39, 0.29) is 0 Å². The van der Waals surface area contributed by atoms with Crippen LogP contribution in [0.2, 0.25) is 0 Å². The molecule has 16 heavy (non-hydrogen) atoms. The zero-order chi connectivity index (χ0) is 12.2. The summed E-state index contributed by atoms with van der Waals surface area (Å²) in [6, 6.07) is 1.38. The fraction of sp³-hybridized carbons (Fsp3) is 1.00. The molecule has 0 aromatic rings.